The monoisotopic (exact) mass is 164 g/mol. The summed E-state index contributed by atoms with van der Waals surface area (Å²) in [6.45, 7) is 6.04. The Balaban J connectivity index is 0.000000461. The molecule has 68 valence electrons. The van der Waals surface area contributed by atoms with E-state index >= 15 is 0 Å². The Morgan fingerprint density at radius 3 is 1.91 bits per heavy atom. The summed E-state index contributed by atoms with van der Waals surface area (Å²) in [6, 6.07) is 0. The van der Waals surface area contributed by atoms with Gasteiger partial charge in [0.05, 0.1) is 0 Å². The van der Waals surface area contributed by atoms with E-state index in [2.05, 4.69) is 0 Å². The van der Waals surface area contributed by atoms with Gasteiger partial charge in [-0.3, -0.25) is 0 Å². The molecule has 1 rings (SSSR count). The van der Waals surface area contributed by atoms with Crippen molar-refractivity contribution in [3.8, 4) is 0 Å². The van der Waals surface area contributed by atoms with Gasteiger partial charge in [0.25, 0.3) is 0 Å². The second kappa shape index (κ2) is 5.50. The van der Waals surface area contributed by atoms with Crippen LogP contribution < -0.4 is 0 Å². The highest BCUT2D eigenvalue weighted by molar-refractivity contribution is 4.73. The lowest BCUT2D eigenvalue weighted by Gasteiger charge is -2.05. The van der Waals surface area contributed by atoms with E-state index in [1.807, 2.05) is 20.8 Å². The van der Waals surface area contributed by atoms with Crippen molar-refractivity contribution in [3.05, 3.63) is 0 Å². The zero-order valence-electron chi connectivity index (χ0n) is 7.61. The molecule has 1 fully saturated rings. The van der Waals surface area contributed by atoms with Gasteiger partial charge in [-0.1, -0.05) is 27.2 Å². The van der Waals surface area contributed by atoms with Gasteiger partial charge in [0.15, 0.2) is 0 Å². The SMILES string of the molecule is CC.CC1CCC(C(F)F)C1. The first-order valence-corrected chi connectivity index (χ1v) is 4.48. The topological polar surface area (TPSA) is 0 Å². The molecular formula is C9H18F2. The van der Waals surface area contributed by atoms with Crippen molar-refractivity contribution in [2.24, 2.45) is 11.8 Å². The second-order valence-corrected chi connectivity index (χ2v) is 3.01. The van der Waals surface area contributed by atoms with Gasteiger partial charge >= 0.3 is 0 Å². The van der Waals surface area contributed by atoms with Gasteiger partial charge in [-0.2, -0.15) is 0 Å². The minimum absolute atomic E-state index is 0.292. The molecule has 2 unspecified atom stereocenters. The standard InChI is InChI=1S/C7H12F2.C2H6/c1-5-2-3-6(4-5)7(8)9;1-2/h5-7H,2-4H2,1H3;1-2H3. The molecule has 1 aliphatic carbocycles. The number of halogens is 2. The van der Waals surface area contributed by atoms with Gasteiger partial charge in [0.2, 0.25) is 6.43 Å². The Morgan fingerprint density at radius 1 is 1.18 bits per heavy atom. The highest BCUT2D eigenvalue weighted by atomic mass is 19.3. The summed E-state index contributed by atoms with van der Waals surface area (Å²) in [6.07, 6.45) is 0.390. The molecule has 1 saturated carbocycles. The molecule has 0 heterocycles. The van der Waals surface area contributed by atoms with Crippen LogP contribution in [0.25, 0.3) is 0 Å². The molecule has 0 aromatic rings. The number of hydrogen-bond acceptors (Lipinski definition) is 0. The lowest BCUT2D eigenvalue weighted by Crippen LogP contribution is -2.05. The average Bonchev–Trinajstić information content (AvgIpc) is 2.40. The summed E-state index contributed by atoms with van der Waals surface area (Å²) in [5.74, 6) is 0.240. The minimum Gasteiger partial charge on any atom is -0.210 e. The summed E-state index contributed by atoms with van der Waals surface area (Å²) in [4.78, 5) is 0. The van der Waals surface area contributed by atoms with Gasteiger partial charge in [0, 0.05) is 5.92 Å². The molecule has 0 radical (unpaired) electrons. The Labute approximate surface area is 68.0 Å². The summed E-state index contributed by atoms with van der Waals surface area (Å²) < 4.78 is 23.8. The maximum Gasteiger partial charge on any atom is 0.241 e. The minimum atomic E-state index is -2.07. The van der Waals surface area contributed by atoms with E-state index in [4.69, 9.17) is 0 Å². The Kier molecular flexibility index (Phi) is 5.43. The fourth-order valence-corrected chi connectivity index (χ4v) is 1.48. The van der Waals surface area contributed by atoms with Crippen molar-refractivity contribution in [2.45, 2.75) is 46.5 Å². The van der Waals surface area contributed by atoms with Gasteiger partial charge in [-0.25, -0.2) is 8.78 Å². The first-order valence-electron chi connectivity index (χ1n) is 4.48. The summed E-state index contributed by atoms with van der Waals surface area (Å²) in [5.41, 5.74) is 0. The second-order valence-electron chi connectivity index (χ2n) is 3.01. The summed E-state index contributed by atoms with van der Waals surface area (Å²) >= 11 is 0. The van der Waals surface area contributed by atoms with Crippen molar-refractivity contribution in [2.75, 3.05) is 0 Å². The van der Waals surface area contributed by atoms with E-state index in [1.165, 1.54) is 0 Å². The zero-order valence-corrected chi connectivity index (χ0v) is 7.61. The molecule has 0 aliphatic heterocycles. The van der Waals surface area contributed by atoms with Crippen LogP contribution in [0.2, 0.25) is 0 Å². The molecule has 0 spiro atoms. The molecule has 2 heteroatoms. The molecule has 1 aliphatic rings. The normalized spacial score (nSPS) is 30.0. The van der Waals surface area contributed by atoms with E-state index in [-0.39, 0.29) is 5.92 Å². The van der Waals surface area contributed by atoms with Crippen molar-refractivity contribution in [1.29, 1.82) is 0 Å². The highest BCUT2D eigenvalue weighted by Crippen LogP contribution is 2.34. The molecule has 0 aromatic carbocycles. The average molecular weight is 164 g/mol. The van der Waals surface area contributed by atoms with Crippen LogP contribution in [0, 0.1) is 11.8 Å². The van der Waals surface area contributed by atoms with Crippen LogP contribution in [-0.4, -0.2) is 6.43 Å². The van der Waals surface area contributed by atoms with Crippen LogP contribution in [0.4, 0.5) is 8.78 Å². The fourth-order valence-electron chi connectivity index (χ4n) is 1.48. The van der Waals surface area contributed by atoms with E-state index in [9.17, 15) is 8.78 Å². The first kappa shape index (κ1) is 10.9. The molecule has 2 atom stereocenters. The Hall–Kier alpha value is -0.140. The van der Waals surface area contributed by atoms with Crippen molar-refractivity contribution in [3.63, 3.8) is 0 Å². The van der Waals surface area contributed by atoms with Gasteiger partial charge < -0.3 is 0 Å². The van der Waals surface area contributed by atoms with Crippen LogP contribution in [0.1, 0.15) is 40.0 Å². The molecule has 0 bridgehead atoms. The van der Waals surface area contributed by atoms with E-state index in [1.54, 1.807) is 0 Å². The maximum atomic E-state index is 11.9. The van der Waals surface area contributed by atoms with Crippen LogP contribution >= 0.6 is 0 Å². The molecule has 0 saturated heterocycles. The van der Waals surface area contributed by atoms with Crippen molar-refractivity contribution in [1.82, 2.24) is 0 Å². The van der Waals surface area contributed by atoms with E-state index in [0.29, 0.717) is 5.92 Å². The number of alkyl halides is 2. The number of rotatable bonds is 1. The zero-order chi connectivity index (χ0) is 8.85. The molecule has 0 nitrogen and oxygen atoms in total. The van der Waals surface area contributed by atoms with E-state index in [0.717, 1.165) is 19.3 Å². The smallest absolute Gasteiger partial charge is 0.210 e. The van der Waals surface area contributed by atoms with Crippen molar-refractivity contribution >= 4 is 0 Å². The molecule has 11 heavy (non-hydrogen) atoms. The van der Waals surface area contributed by atoms with Crippen molar-refractivity contribution < 1.29 is 8.78 Å². The third-order valence-corrected chi connectivity index (χ3v) is 2.09. The molecule has 0 N–H and O–H groups in total. The van der Waals surface area contributed by atoms with Crippen LogP contribution in [-0.2, 0) is 0 Å². The summed E-state index contributed by atoms with van der Waals surface area (Å²) in [7, 11) is 0. The Morgan fingerprint density at radius 2 is 1.73 bits per heavy atom. The van der Waals surface area contributed by atoms with Crippen LogP contribution in [0.5, 0.6) is 0 Å². The molecule has 0 amide bonds. The maximum absolute atomic E-state index is 11.9. The van der Waals surface area contributed by atoms with Crippen LogP contribution in [0.15, 0.2) is 0 Å². The number of hydrogen-bond donors (Lipinski definition) is 0. The fraction of sp³-hybridized carbons (Fsp3) is 1.00. The van der Waals surface area contributed by atoms with Gasteiger partial charge in [-0.15, -0.1) is 0 Å². The largest absolute Gasteiger partial charge is 0.241 e. The predicted molar refractivity (Wildman–Crippen MR) is 43.9 cm³/mol. The van der Waals surface area contributed by atoms with E-state index < -0.39 is 6.43 Å². The Bertz CT molecular complexity index is 91.6. The third-order valence-electron chi connectivity index (χ3n) is 2.09. The molecule has 0 aromatic heterocycles. The lowest BCUT2D eigenvalue weighted by atomic mass is 10.1. The highest BCUT2D eigenvalue weighted by Gasteiger charge is 2.28. The third kappa shape index (κ3) is 3.68. The summed E-state index contributed by atoms with van der Waals surface area (Å²) in [5, 5.41) is 0. The predicted octanol–water partition coefficient (Wildman–Crippen LogP) is 3.71. The van der Waals surface area contributed by atoms with Crippen LogP contribution in [0.3, 0.4) is 0 Å². The van der Waals surface area contributed by atoms with Gasteiger partial charge in [-0.05, 0) is 18.8 Å². The molecular weight excluding hydrogens is 146 g/mol. The lowest BCUT2D eigenvalue weighted by molar-refractivity contribution is 0.0789. The van der Waals surface area contributed by atoms with Gasteiger partial charge in [0.1, 0.15) is 0 Å². The quantitative estimate of drug-likeness (QED) is 0.554. The first-order chi connectivity index (χ1) is 5.20.